The summed E-state index contributed by atoms with van der Waals surface area (Å²) < 4.78 is 31.1. The first-order chi connectivity index (χ1) is 13.7. The second-order valence-corrected chi connectivity index (χ2v) is 8.64. The fraction of sp³-hybridized carbons (Fsp3) is 0.350. The Bertz CT molecular complexity index is 930. The molecule has 158 valence electrons. The first-order valence-electron chi connectivity index (χ1n) is 9.26. The van der Waals surface area contributed by atoms with Crippen molar-refractivity contribution in [1.82, 2.24) is 5.32 Å². The first kappa shape index (κ1) is 22.4. The Morgan fingerprint density at radius 3 is 2.48 bits per heavy atom. The van der Waals surface area contributed by atoms with Gasteiger partial charge >= 0.3 is 6.03 Å². The predicted molar refractivity (Wildman–Crippen MR) is 114 cm³/mol. The number of amides is 2. The van der Waals surface area contributed by atoms with Crippen LogP contribution >= 0.6 is 0 Å². The Balaban J connectivity index is 1.91. The van der Waals surface area contributed by atoms with Crippen molar-refractivity contribution in [2.75, 3.05) is 22.9 Å². The van der Waals surface area contributed by atoms with Gasteiger partial charge in [0.1, 0.15) is 11.5 Å². The summed E-state index contributed by atoms with van der Waals surface area (Å²) in [4.78, 5) is 12.2. The van der Waals surface area contributed by atoms with Gasteiger partial charge in [0.25, 0.3) is 0 Å². The zero-order chi connectivity index (χ0) is 21.4. The zero-order valence-corrected chi connectivity index (χ0v) is 17.5. The molecular formula is C20H27N3O5S. The lowest BCUT2D eigenvalue weighted by molar-refractivity contribution is 0.248. The van der Waals surface area contributed by atoms with Crippen LogP contribution in [0.1, 0.15) is 25.8 Å². The van der Waals surface area contributed by atoms with Gasteiger partial charge in [-0.15, -0.1) is 0 Å². The van der Waals surface area contributed by atoms with Crippen LogP contribution in [0, 0.1) is 0 Å². The number of nitrogens with one attached hydrogen (secondary N) is 3. The van der Waals surface area contributed by atoms with E-state index in [2.05, 4.69) is 15.4 Å². The summed E-state index contributed by atoms with van der Waals surface area (Å²) in [5.41, 5.74) is 1.86. The molecule has 0 bridgehead atoms. The number of aryl methyl sites for hydroxylation is 1. The molecule has 0 aliphatic heterocycles. The third kappa shape index (κ3) is 7.19. The maximum absolute atomic E-state index is 12.2. The van der Waals surface area contributed by atoms with Crippen LogP contribution in [0.2, 0.25) is 0 Å². The van der Waals surface area contributed by atoms with Gasteiger partial charge in [-0.25, -0.2) is 13.2 Å². The Hall–Kier alpha value is -2.94. The van der Waals surface area contributed by atoms with E-state index in [1.165, 1.54) is 20.1 Å². The minimum absolute atomic E-state index is 0.0550. The summed E-state index contributed by atoms with van der Waals surface area (Å²) in [5, 5.41) is 14.9. The lowest BCUT2D eigenvalue weighted by Gasteiger charge is -2.16. The number of methoxy groups -OCH3 is 1. The van der Waals surface area contributed by atoms with Crippen LogP contribution in [0.5, 0.6) is 11.5 Å². The number of phenolic OH excluding ortho intramolecular Hbond substituents is 1. The van der Waals surface area contributed by atoms with E-state index >= 15 is 0 Å². The average molecular weight is 422 g/mol. The highest BCUT2D eigenvalue weighted by Gasteiger charge is 2.13. The van der Waals surface area contributed by atoms with Crippen molar-refractivity contribution < 1.29 is 23.1 Å². The summed E-state index contributed by atoms with van der Waals surface area (Å²) in [6, 6.07) is 11.2. The number of rotatable bonds is 9. The number of hydrogen-bond donors (Lipinski definition) is 4. The zero-order valence-electron chi connectivity index (χ0n) is 16.7. The molecule has 2 rings (SSSR count). The number of carbonyl (C=O) groups excluding carboxylic acids is 1. The lowest BCUT2D eigenvalue weighted by atomic mass is 10.1. The molecule has 2 amide bonds. The van der Waals surface area contributed by atoms with Crippen molar-refractivity contribution in [1.29, 1.82) is 0 Å². The van der Waals surface area contributed by atoms with Gasteiger partial charge in [0, 0.05) is 17.8 Å². The molecule has 4 N–H and O–H groups in total. The van der Waals surface area contributed by atoms with Gasteiger partial charge in [-0.2, -0.15) is 0 Å². The largest absolute Gasteiger partial charge is 0.508 e. The van der Waals surface area contributed by atoms with Gasteiger partial charge in [0.2, 0.25) is 10.0 Å². The summed E-state index contributed by atoms with van der Waals surface area (Å²) in [5.74, 6) is 0.476. The van der Waals surface area contributed by atoms with E-state index in [0.29, 0.717) is 17.1 Å². The van der Waals surface area contributed by atoms with Gasteiger partial charge in [0.15, 0.2) is 0 Å². The standard InChI is InChI=1S/C20H27N3O5S/c1-4-29(26,27)23-18-12-9-16(13-19(18)28-3)22-20(25)21-14(2)5-6-15-7-10-17(24)11-8-15/h7-14,23-24H,4-6H2,1-3H3,(H2,21,22,25). The minimum atomic E-state index is -3.43. The third-order valence-corrected chi connectivity index (χ3v) is 5.58. The predicted octanol–water partition coefficient (Wildman–Crippen LogP) is 3.31. The topological polar surface area (TPSA) is 117 Å². The summed E-state index contributed by atoms with van der Waals surface area (Å²) >= 11 is 0. The molecular weight excluding hydrogens is 394 g/mol. The smallest absolute Gasteiger partial charge is 0.319 e. The number of sulfonamides is 1. The van der Waals surface area contributed by atoms with Crippen LogP contribution in [0.25, 0.3) is 0 Å². The van der Waals surface area contributed by atoms with Crippen molar-refractivity contribution in [3.8, 4) is 11.5 Å². The van der Waals surface area contributed by atoms with E-state index in [-0.39, 0.29) is 23.6 Å². The van der Waals surface area contributed by atoms with Gasteiger partial charge in [-0.05, 0) is 56.5 Å². The highest BCUT2D eigenvalue weighted by atomic mass is 32.2. The molecule has 2 aromatic carbocycles. The molecule has 0 radical (unpaired) electrons. The molecule has 1 atom stereocenters. The molecule has 0 saturated carbocycles. The molecule has 2 aromatic rings. The first-order valence-corrected chi connectivity index (χ1v) is 10.9. The molecule has 1 unspecified atom stereocenters. The number of carbonyl (C=O) groups is 1. The highest BCUT2D eigenvalue weighted by Crippen LogP contribution is 2.28. The average Bonchev–Trinajstić information content (AvgIpc) is 2.68. The molecule has 29 heavy (non-hydrogen) atoms. The Morgan fingerprint density at radius 2 is 1.86 bits per heavy atom. The van der Waals surface area contributed by atoms with Crippen molar-refractivity contribution in [2.24, 2.45) is 0 Å². The highest BCUT2D eigenvalue weighted by molar-refractivity contribution is 7.92. The van der Waals surface area contributed by atoms with E-state index < -0.39 is 10.0 Å². The molecule has 0 heterocycles. The van der Waals surface area contributed by atoms with Gasteiger partial charge in [0.05, 0.1) is 18.6 Å². The van der Waals surface area contributed by atoms with E-state index in [1.54, 1.807) is 24.3 Å². The fourth-order valence-corrected chi connectivity index (χ4v) is 3.25. The van der Waals surface area contributed by atoms with Gasteiger partial charge in [-0.3, -0.25) is 4.72 Å². The van der Waals surface area contributed by atoms with Crippen molar-refractivity contribution in [2.45, 2.75) is 32.7 Å². The molecule has 0 spiro atoms. The Morgan fingerprint density at radius 1 is 1.17 bits per heavy atom. The van der Waals surface area contributed by atoms with Crippen LogP contribution in [-0.4, -0.2) is 38.5 Å². The van der Waals surface area contributed by atoms with Gasteiger partial charge in [-0.1, -0.05) is 12.1 Å². The Kier molecular flexibility index (Phi) is 7.72. The van der Waals surface area contributed by atoms with Crippen LogP contribution in [0.4, 0.5) is 16.2 Å². The van der Waals surface area contributed by atoms with Gasteiger partial charge < -0.3 is 20.5 Å². The number of aromatic hydroxyl groups is 1. The molecule has 8 nitrogen and oxygen atoms in total. The third-order valence-electron chi connectivity index (χ3n) is 4.28. The molecule has 0 fully saturated rings. The van der Waals surface area contributed by atoms with Crippen molar-refractivity contribution in [3.63, 3.8) is 0 Å². The summed E-state index contributed by atoms with van der Waals surface area (Å²) in [7, 11) is -2.01. The number of ether oxygens (including phenoxy) is 1. The van der Waals surface area contributed by atoms with Crippen molar-refractivity contribution >= 4 is 27.4 Å². The monoisotopic (exact) mass is 421 g/mol. The van der Waals surface area contributed by atoms with Crippen LogP contribution < -0.4 is 20.1 Å². The summed E-state index contributed by atoms with van der Waals surface area (Å²) in [6.45, 7) is 3.45. The number of benzene rings is 2. The van der Waals surface area contributed by atoms with Crippen LogP contribution in [-0.2, 0) is 16.4 Å². The number of anilines is 2. The maximum Gasteiger partial charge on any atom is 0.319 e. The second kappa shape index (κ2) is 10.0. The molecule has 0 aliphatic rings. The Labute approximate surface area is 171 Å². The fourth-order valence-electron chi connectivity index (χ4n) is 2.60. The minimum Gasteiger partial charge on any atom is -0.508 e. The van der Waals surface area contributed by atoms with E-state index in [9.17, 15) is 18.3 Å². The molecule has 0 aromatic heterocycles. The quantitative estimate of drug-likeness (QED) is 0.496. The number of urea groups is 1. The molecule has 0 saturated heterocycles. The SMILES string of the molecule is CCS(=O)(=O)Nc1ccc(NC(=O)NC(C)CCc2ccc(O)cc2)cc1OC. The lowest BCUT2D eigenvalue weighted by Crippen LogP contribution is -2.36. The summed E-state index contributed by atoms with van der Waals surface area (Å²) in [6.07, 6.45) is 1.50. The van der Waals surface area contributed by atoms with E-state index in [0.717, 1.165) is 18.4 Å². The van der Waals surface area contributed by atoms with E-state index in [4.69, 9.17) is 4.74 Å². The normalized spacial score (nSPS) is 12.1. The van der Waals surface area contributed by atoms with E-state index in [1.807, 2.05) is 19.1 Å². The van der Waals surface area contributed by atoms with Crippen molar-refractivity contribution in [3.05, 3.63) is 48.0 Å². The number of phenols is 1. The number of hydrogen-bond acceptors (Lipinski definition) is 5. The molecule has 0 aliphatic carbocycles. The second-order valence-electron chi connectivity index (χ2n) is 6.63. The molecule has 9 heteroatoms. The maximum atomic E-state index is 12.2. The van der Waals surface area contributed by atoms with Crippen LogP contribution in [0.15, 0.2) is 42.5 Å². The van der Waals surface area contributed by atoms with Crippen LogP contribution in [0.3, 0.4) is 0 Å².